The Hall–Kier alpha value is -3.43. The summed E-state index contributed by atoms with van der Waals surface area (Å²) in [5.41, 5.74) is 1.25. The van der Waals surface area contributed by atoms with E-state index >= 15 is 0 Å². The molecule has 1 aliphatic rings. The van der Waals surface area contributed by atoms with Crippen molar-refractivity contribution in [3.63, 3.8) is 0 Å². The van der Waals surface area contributed by atoms with Crippen LogP contribution >= 0.6 is 24.0 Å². The highest BCUT2D eigenvalue weighted by atomic mass is 32.2. The van der Waals surface area contributed by atoms with Crippen molar-refractivity contribution >= 4 is 51.7 Å². The third-order valence-electron chi connectivity index (χ3n) is 4.16. The zero-order chi connectivity index (χ0) is 20.5. The number of amides is 1. The molecular weight excluding hydrogens is 412 g/mol. The molecule has 0 saturated carbocycles. The van der Waals surface area contributed by atoms with E-state index in [1.54, 1.807) is 42.5 Å². The quantitative estimate of drug-likeness (QED) is 0.273. The number of nitro groups is 1. The number of nitro benzene ring substituents is 1. The van der Waals surface area contributed by atoms with Crippen LogP contribution in [0.3, 0.4) is 0 Å². The SMILES string of the molecule is O=C1C(=Cc2ccc(-c3ccc([N+](=O)[O-])cc3)o2)SC(=S)N1c1ccc(O)cc1. The summed E-state index contributed by atoms with van der Waals surface area (Å²) in [6.45, 7) is 0. The third kappa shape index (κ3) is 3.78. The fourth-order valence-corrected chi connectivity index (χ4v) is 4.03. The molecule has 1 amide bonds. The summed E-state index contributed by atoms with van der Waals surface area (Å²) in [5.74, 6) is 0.813. The van der Waals surface area contributed by atoms with E-state index in [-0.39, 0.29) is 17.3 Å². The number of furan rings is 1. The lowest BCUT2D eigenvalue weighted by atomic mass is 10.1. The monoisotopic (exact) mass is 424 g/mol. The van der Waals surface area contributed by atoms with Gasteiger partial charge in [0.25, 0.3) is 11.6 Å². The first-order chi connectivity index (χ1) is 13.9. The Morgan fingerprint density at radius 2 is 1.76 bits per heavy atom. The largest absolute Gasteiger partial charge is 0.508 e. The van der Waals surface area contributed by atoms with E-state index in [9.17, 15) is 20.0 Å². The molecule has 1 fully saturated rings. The van der Waals surface area contributed by atoms with E-state index < -0.39 is 4.92 Å². The zero-order valence-electron chi connectivity index (χ0n) is 14.6. The van der Waals surface area contributed by atoms with Crippen LogP contribution < -0.4 is 4.90 Å². The van der Waals surface area contributed by atoms with Crippen LogP contribution in [-0.2, 0) is 4.79 Å². The average molecular weight is 424 g/mol. The van der Waals surface area contributed by atoms with Gasteiger partial charge in [0.15, 0.2) is 4.32 Å². The highest BCUT2D eigenvalue weighted by Crippen LogP contribution is 2.37. The van der Waals surface area contributed by atoms with E-state index in [1.165, 1.54) is 29.2 Å². The minimum absolute atomic E-state index is 0.00145. The van der Waals surface area contributed by atoms with Crippen LogP contribution in [-0.4, -0.2) is 20.3 Å². The predicted molar refractivity (Wildman–Crippen MR) is 115 cm³/mol. The Labute approximate surface area is 174 Å². The Morgan fingerprint density at radius 1 is 1.07 bits per heavy atom. The summed E-state index contributed by atoms with van der Waals surface area (Å²) in [4.78, 5) is 24.9. The standard InChI is InChI=1S/C20H12N2O5S2/c23-15-7-5-13(6-8-15)21-19(24)18(29-20(21)28)11-16-9-10-17(27-16)12-1-3-14(4-2-12)22(25)26/h1-11,23H. The number of aromatic hydroxyl groups is 1. The molecule has 1 aliphatic heterocycles. The lowest BCUT2D eigenvalue weighted by molar-refractivity contribution is -0.384. The van der Waals surface area contributed by atoms with Crippen LogP contribution in [0.15, 0.2) is 70.0 Å². The van der Waals surface area contributed by atoms with Gasteiger partial charge in [0.1, 0.15) is 17.3 Å². The molecular formula is C20H12N2O5S2. The first-order valence-corrected chi connectivity index (χ1v) is 9.56. The second-order valence-corrected chi connectivity index (χ2v) is 7.72. The minimum atomic E-state index is -0.465. The Morgan fingerprint density at radius 3 is 2.41 bits per heavy atom. The second kappa shape index (κ2) is 7.53. The van der Waals surface area contributed by atoms with E-state index in [0.717, 1.165) is 11.8 Å². The number of phenols is 1. The van der Waals surface area contributed by atoms with Crippen LogP contribution in [0.4, 0.5) is 11.4 Å². The lowest BCUT2D eigenvalue weighted by Gasteiger charge is -2.14. The van der Waals surface area contributed by atoms with Crippen molar-refractivity contribution in [1.82, 2.24) is 0 Å². The number of thioether (sulfide) groups is 1. The molecule has 0 atom stereocenters. The summed E-state index contributed by atoms with van der Waals surface area (Å²) in [6, 6.07) is 15.7. The van der Waals surface area contributed by atoms with Gasteiger partial charge in [0.2, 0.25) is 0 Å². The molecule has 1 saturated heterocycles. The van der Waals surface area contributed by atoms with Gasteiger partial charge in [0.05, 0.1) is 15.5 Å². The molecule has 4 rings (SSSR count). The summed E-state index contributed by atoms with van der Waals surface area (Å²) in [6.07, 6.45) is 1.61. The van der Waals surface area contributed by atoms with Crippen molar-refractivity contribution in [2.75, 3.05) is 4.90 Å². The van der Waals surface area contributed by atoms with Gasteiger partial charge in [-0.2, -0.15) is 0 Å². The molecule has 0 aliphatic carbocycles. The first-order valence-electron chi connectivity index (χ1n) is 8.34. The number of nitrogens with zero attached hydrogens (tertiary/aromatic N) is 2. The maximum Gasteiger partial charge on any atom is 0.270 e. The summed E-state index contributed by atoms with van der Waals surface area (Å²) in [5, 5.41) is 20.2. The Kier molecular flexibility index (Phi) is 4.91. The molecule has 0 radical (unpaired) electrons. The highest BCUT2D eigenvalue weighted by Gasteiger charge is 2.33. The zero-order valence-corrected chi connectivity index (χ0v) is 16.3. The molecule has 0 spiro atoms. The molecule has 9 heteroatoms. The van der Waals surface area contributed by atoms with Crippen molar-refractivity contribution in [1.29, 1.82) is 0 Å². The topological polar surface area (TPSA) is 96.8 Å². The summed E-state index contributed by atoms with van der Waals surface area (Å²) in [7, 11) is 0. The average Bonchev–Trinajstić information content (AvgIpc) is 3.28. The lowest BCUT2D eigenvalue weighted by Crippen LogP contribution is -2.27. The highest BCUT2D eigenvalue weighted by molar-refractivity contribution is 8.27. The molecule has 2 heterocycles. The van der Waals surface area contributed by atoms with Crippen molar-refractivity contribution in [2.24, 2.45) is 0 Å². The summed E-state index contributed by atoms with van der Waals surface area (Å²) >= 11 is 6.48. The maximum atomic E-state index is 12.8. The van der Waals surface area contributed by atoms with Gasteiger partial charge in [-0.05, 0) is 48.5 Å². The number of carbonyl (C=O) groups excluding carboxylic acids is 1. The van der Waals surface area contributed by atoms with Gasteiger partial charge in [-0.25, -0.2) is 0 Å². The number of non-ortho nitro benzene ring substituents is 1. The Balaban J connectivity index is 1.57. The van der Waals surface area contributed by atoms with Crippen molar-refractivity contribution in [3.05, 3.63) is 81.4 Å². The summed E-state index contributed by atoms with van der Waals surface area (Å²) < 4.78 is 6.15. The van der Waals surface area contributed by atoms with Crippen molar-refractivity contribution in [2.45, 2.75) is 0 Å². The van der Waals surface area contributed by atoms with E-state index in [4.69, 9.17) is 16.6 Å². The van der Waals surface area contributed by atoms with E-state index in [1.807, 2.05) is 0 Å². The number of anilines is 1. The van der Waals surface area contributed by atoms with Gasteiger partial charge in [-0.3, -0.25) is 19.8 Å². The third-order valence-corrected chi connectivity index (χ3v) is 5.47. The molecule has 7 nitrogen and oxygen atoms in total. The van der Waals surface area contributed by atoms with E-state index in [0.29, 0.717) is 32.0 Å². The number of phenolic OH excluding ortho intramolecular Hbond substituents is 1. The van der Waals surface area contributed by atoms with Crippen molar-refractivity contribution in [3.8, 4) is 17.1 Å². The molecule has 1 N–H and O–H groups in total. The van der Waals surface area contributed by atoms with Gasteiger partial charge >= 0.3 is 0 Å². The molecule has 2 aromatic carbocycles. The molecule has 1 aromatic heterocycles. The molecule has 144 valence electrons. The molecule has 3 aromatic rings. The fraction of sp³-hybridized carbons (Fsp3) is 0. The van der Waals surface area contributed by atoms with Gasteiger partial charge in [0, 0.05) is 23.8 Å². The Bertz CT molecular complexity index is 1150. The molecule has 0 bridgehead atoms. The first kappa shape index (κ1) is 18.9. The van der Waals surface area contributed by atoms with Gasteiger partial charge < -0.3 is 9.52 Å². The molecule has 29 heavy (non-hydrogen) atoms. The van der Waals surface area contributed by atoms with Crippen LogP contribution in [0.25, 0.3) is 17.4 Å². The number of rotatable bonds is 4. The number of hydrogen-bond donors (Lipinski definition) is 1. The van der Waals surface area contributed by atoms with Crippen molar-refractivity contribution < 1.29 is 19.2 Å². The number of thiocarbonyl (C=S) groups is 1. The number of hydrogen-bond acceptors (Lipinski definition) is 7. The predicted octanol–water partition coefficient (Wildman–Crippen LogP) is 4.97. The normalized spacial score (nSPS) is 15.3. The van der Waals surface area contributed by atoms with Crippen LogP contribution in [0, 0.1) is 10.1 Å². The van der Waals surface area contributed by atoms with Crippen LogP contribution in [0.2, 0.25) is 0 Å². The minimum Gasteiger partial charge on any atom is -0.508 e. The second-order valence-electron chi connectivity index (χ2n) is 6.04. The number of carbonyl (C=O) groups is 1. The molecule has 0 unspecified atom stereocenters. The van der Waals surface area contributed by atoms with Gasteiger partial charge in [-0.15, -0.1) is 0 Å². The van der Waals surface area contributed by atoms with Crippen LogP contribution in [0.5, 0.6) is 5.75 Å². The smallest absolute Gasteiger partial charge is 0.270 e. The fourth-order valence-electron chi connectivity index (χ4n) is 2.75. The van der Waals surface area contributed by atoms with Gasteiger partial charge in [-0.1, -0.05) is 24.0 Å². The maximum absolute atomic E-state index is 12.8. The van der Waals surface area contributed by atoms with Crippen LogP contribution in [0.1, 0.15) is 5.76 Å². The number of benzene rings is 2. The van der Waals surface area contributed by atoms with E-state index in [2.05, 4.69) is 0 Å².